The van der Waals surface area contributed by atoms with Crippen LogP contribution >= 0.6 is 0 Å². The van der Waals surface area contributed by atoms with Crippen molar-refractivity contribution in [3.05, 3.63) is 0 Å². The van der Waals surface area contributed by atoms with Gasteiger partial charge in [0.15, 0.2) is 0 Å². The standard InChI is InChI=1S/C18H35NOS/c1-4-18(2,3)15-11-10-14(13-19)17(12-15)21(20)16-8-6-5-7-9-16/h14-17H,4-13,19H2,1-3H3. The third-order valence-electron chi connectivity index (χ3n) is 6.43. The minimum Gasteiger partial charge on any atom is -0.330 e. The lowest BCUT2D eigenvalue weighted by atomic mass is 9.67. The third kappa shape index (κ3) is 4.10. The Labute approximate surface area is 134 Å². The molecule has 2 nitrogen and oxygen atoms in total. The maximum absolute atomic E-state index is 13.1. The zero-order valence-electron chi connectivity index (χ0n) is 14.3. The minimum atomic E-state index is -0.660. The summed E-state index contributed by atoms with van der Waals surface area (Å²) in [5.74, 6) is 1.22. The molecule has 0 bridgehead atoms. The van der Waals surface area contributed by atoms with Gasteiger partial charge in [-0.1, -0.05) is 46.5 Å². The van der Waals surface area contributed by atoms with Gasteiger partial charge in [0.1, 0.15) is 0 Å². The molecule has 2 saturated carbocycles. The van der Waals surface area contributed by atoms with Crippen LogP contribution in [0.5, 0.6) is 0 Å². The maximum atomic E-state index is 13.1. The molecule has 0 aromatic rings. The number of hydrogen-bond donors (Lipinski definition) is 1. The van der Waals surface area contributed by atoms with Gasteiger partial charge in [0.2, 0.25) is 0 Å². The molecule has 0 spiro atoms. The van der Waals surface area contributed by atoms with Crippen LogP contribution in [0.25, 0.3) is 0 Å². The van der Waals surface area contributed by atoms with E-state index in [0.717, 1.165) is 18.9 Å². The van der Waals surface area contributed by atoms with Crippen molar-refractivity contribution in [2.75, 3.05) is 6.54 Å². The summed E-state index contributed by atoms with van der Waals surface area (Å²) >= 11 is 0. The Balaban J connectivity index is 2.07. The molecule has 2 fully saturated rings. The summed E-state index contributed by atoms with van der Waals surface area (Å²) in [7, 11) is -0.660. The van der Waals surface area contributed by atoms with Gasteiger partial charge in [-0.05, 0) is 55.9 Å². The quantitative estimate of drug-likeness (QED) is 0.824. The fourth-order valence-corrected chi connectivity index (χ4v) is 6.63. The summed E-state index contributed by atoms with van der Waals surface area (Å²) in [5.41, 5.74) is 6.40. The molecule has 0 saturated heterocycles. The smallest absolute Gasteiger partial charge is 0.0393 e. The van der Waals surface area contributed by atoms with Crippen LogP contribution in [0.3, 0.4) is 0 Å². The van der Waals surface area contributed by atoms with Crippen molar-refractivity contribution in [2.24, 2.45) is 23.0 Å². The van der Waals surface area contributed by atoms with Gasteiger partial charge in [-0.3, -0.25) is 4.21 Å². The number of nitrogens with two attached hydrogens (primary N) is 1. The van der Waals surface area contributed by atoms with Gasteiger partial charge in [-0.15, -0.1) is 0 Å². The van der Waals surface area contributed by atoms with Crippen molar-refractivity contribution in [3.8, 4) is 0 Å². The third-order valence-corrected chi connectivity index (χ3v) is 8.73. The van der Waals surface area contributed by atoms with Crippen molar-refractivity contribution in [1.29, 1.82) is 0 Å². The summed E-state index contributed by atoms with van der Waals surface area (Å²) in [6.45, 7) is 7.80. The molecular weight excluding hydrogens is 278 g/mol. The summed E-state index contributed by atoms with van der Waals surface area (Å²) in [4.78, 5) is 0. The van der Waals surface area contributed by atoms with Gasteiger partial charge < -0.3 is 5.73 Å². The summed E-state index contributed by atoms with van der Waals surface area (Å²) in [6.07, 6.45) is 11.1. The Morgan fingerprint density at radius 2 is 1.76 bits per heavy atom. The normalized spacial score (nSPS) is 33.8. The van der Waals surface area contributed by atoms with E-state index < -0.39 is 10.8 Å². The summed E-state index contributed by atoms with van der Waals surface area (Å²) in [6, 6.07) is 0. The Morgan fingerprint density at radius 1 is 1.10 bits per heavy atom. The first kappa shape index (κ1) is 17.5. The van der Waals surface area contributed by atoms with Gasteiger partial charge in [-0.2, -0.15) is 0 Å². The maximum Gasteiger partial charge on any atom is 0.0393 e. The van der Waals surface area contributed by atoms with Gasteiger partial charge in [0.05, 0.1) is 0 Å². The molecule has 2 aliphatic carbocycles. The summed E-state index contributed by atoms with van der Waals surface area (Å²) in [5, 5.41) is 0.823. The van der Waals surface area contributed by atoms with Gasteiger partial charge in [0, 0.05) is 21.3 Å². The van der Waals surface area contributed by atoms with Gasteiger partial charge in [0.25, 0.3) is 0 Å². The van der Waals surface area contributed by atoms with E-state index >= 15 is 0 Å². The topological polar surface area (TPSA) is 43.1 Å². The first-order valence-corrected chi connectivity index (χ1v) is 10.4. The molecule has 124 valence electrons. The molecular formula is C18H35NOS. The van der Waals surface area contributed by atoms with Crippen molar-refractivity contribution < 1.29 is 4.21 Å². The van der Waals surface area contributed by atoms with E-state index in [9.17, 15) is 4.21 Å². The van der Waals surface area contributed by atoms with E-state index in [1.165, 1.54) is 51.4 Å². The Bertz CT molecular complexity index is 349. The molecule has 2 aliphatic rings. The molecule has 0 aromatic heterocycles. The fourth-order valence-electron chi connectivity index (χ4n) is 4.29. The average molecular weight is 314 g/mol. The largest absolute Gasteiger partial charge is 0.330 e. The molecule has 0 aliphatic heterocycles. The van der Waals surface area contributed by atoms with Crippen LogP contribution in [0.4, 0.5) is 0 Å². The average Bonchev–Trinajstić information content (AvgIpc) is 2.54. The van der Waals surface area contributed by atoms with Crippen molar-refractivity contribution in [2.45, 2.75) is 89.1 Å². The van der Waals surface area contributed by atoms with Crippen LogP contribution in [-0.4, -0.2) is 21.3 Å². The van der Waals surface area contributed by atoms with E-state index in [0.29, 0.717) is 21.8 Å². The zero-order valence-corrected chi connectivity index (χ0v) is 15.1. The molecule has 0 radical (unpaired) electrons. The highest BCUT2D eigenvalue weighted by molar-refractivity contribution is 7.86. The molecule has 4 unspecified atom stereocenters. The van der Waals surface area contributed by atoms with Crippen LogP contribution in [-0.2, 0) is 10.8 Å². The van der Waals surface area contributed by atoms with Crippen LogP contribution in [0.1, 0.15) is 78.6 Å². The van der Waals surface area contributed by atoms with E-state index in [1.807, 2.05) is 0 Å². The fraction of sp³-hybridized carbons (Fsp3) is 1.00. The second kappa shape index (κ2) is 7.59. The highest BCUT2D eigenvalue weighted by Crippen LogP contribution is 2.44. The lowest BCUT2D eigenvalue weighted by Crippen LogP contribution is -2.43. The monoisotopic (exact) mass is 313 g/mol. The Hall–Kier alpha value is 0.110. The number of rotatable bonds is 5. The van der Waals surface area contributed by atoms with E-state index in [1.54, 1.807) is 0 Å². The Kier molecular flexibility index (Phi) is 6.31. The van der Waals surface area contributed by atoms with Crippen molar-refractivity contribution >= 4 is 10.8 Å². The minimum absolute atomic E-state index is 0.364. The van der Waals surface area contributed by atoms with Crippen LogP contribution in [0.2, 0.25) is 0 Å². The van der Waals surface area contributed by atoms with Crippen LogP contribution in [0, 0.1) is 17.3 Å². The van der Waals surface area contributed by atoms with Crippen LogP contribution < -0.4 is 5.73 Å². The first-order valence-electron chi connectivity index (χ1n) is 9.09. The lowest BCUT2D eigenvalue weighted by Gasteiger charge is -2.43. The molecule has 2 rings (SSSR count). The lowest BCUT2D eigenvalue weighted by molar-refractivity contribution is 0.133. The number of hydrogen-bond acceptors (Lipinski definition) is 2. The van der Waals surface area contributed by atoms with E-state index in [4.69, 9.17) is 5.73 Å². The molecule has 0 amide bonds. The van der Waals surface area contributed by atoms with Crippen LogP contribution in [0.15, 0.2) is 0 Å². The molecule has 0 heterocycles. The van der Waals surface area contributed by atoms with Gasteiger partial charge >= 0.3 is 0 Å². The predicted octanol–water partition coefficient (Wildman–Crippen LogP) is 4.25. The zero-order chi connectivity index (χ0) is 15.5. The highest BCUT2D eigenvalue weighted by atomic mass is 32.2. The first-order chi connectivity index (χ1) is 9.99. The van der Waals surface area contributed by atoms with E-state index in [-0.39, 0.29) is 0 Å². The summed E-state index contributed by atoms with van der Waals surface area (Å²) < 4.78 is 13.1. The molecule has 2 N–H and O–H groups in total. The highest BCUT2D eigenvalue weighted by Gasteiger charge is 2.40. The second-order valence-electron chi connectivity index (χ2n) is 7.97. The molecule has 3 heteroatoms. The SMILES string of the molecule is CCC(C)(C)C1CCC(CN)C(S(=O)C2CCCCC2)C1. The van der Waals surface area contributed by atoms with Crippen molar-refractivity contribution in [1.82, 2.24) is 0 Å². The predicted molar refractivity (Wildman–Crippen MR) is 92.8 cm³/mol. The van der Waals surface area contributed by atoms with Crippen molar-refractivity contribution in [3.63, 3.8) is 0 Å². The van der Waals surface area contributed by atoms with E-state index in [2.05, 4.69) is 20.8 Å². The molecule has 4 atom stereocenters. The molecule has 21 heavy (non-hydrogen) atoms. The van der Waals surface area contributed by atoms with Gasteiger partial charge in [-0.25, -0.2) is 0 Å². The second-order valence-corrected chi connectivity index (χ2v) is 9.90. The Morgan fingerprint density at radius 3 is 2.33 bits per heavy atom. The molecule has 0 aromatic carbocycles.